The number of methoxy groups -OCH3 is 2. The van der Waals surface area contributed by atoms with E-state index in [1.807, 2.05) is 11.4 Å². The second-order valence-corrected chi connectivity index (χ2v) is 7.57. The molecule has 1 aromatic carbocycles. The first-order valence-electron chi connectivity index (χ1n) is 9.04. The van der Waals surface area contributed by atoms with Crippen molar-refractivity contribution in [2.75, 3.05) is 32.2 Å². The summed E-state index contributed by atoms with van der Waals surface area (Å²) in [6.07, 6.45) is 0.869. The number of nitrogens with zero attached hydrogens (tertiary/aromatic N) is 2. The molecule has 1 amide bonds. The van der Waals surface area contributed by atoms with Gasteiger partial charge in [0, 0.05) is 36.8 Å². The average Bonchev–Trinajstić information content (AvgIpc) is 3.47. The summed E-state index contributed by atoms with van der Waals surface area (Å²) < 4.78 is 10.5. The lowest BCUT2D eigenvalue weighted by molar-refractivity contribution is 0.0939. The van der Waals surface area contributed by atoms with E-state index in [9.17, 15) is 4.79 Å². The number of benzene rings is 1. The number of H-pyrrole nitrogens is 1. The van der Waals surface area contributed by atoms with Crippen molar-refractivity contribution in [3.63, 3.8) is 0 Å². The molecule has 7 nitrogen and oxygen atoms in total. The molecule has 0 bridgehead atoms. The Morgan fingerprint density at radius 1 is 1.25 bits per heavy atom. The molecule has 0 unspecified atom stereocenters. The lowest BCUT2D eigenvalue weighted by Gasteiger charge is -2.16. The fourth-order valence-corrected chi connectivity index (χ4v) is 4.02. The Morgan fingerprint density at radius 2 is 2.04 bits per heavy atom. The van der Waals surface area contributed by atoms with Gasteiger partial charge in [-0.3, -0.25) is 9.89 Å². The molecular formula is C20H22N4O3S. The van der Waals surface area contributed by atoms with Crippen LogP contribution in [-0.2, 0) is 0 Å². The molecular weight excluding hydrogens is 376 g/mol. The van der Waals surface area contributed by atoms with Crippen LogP contribution in [0.25, 0.3) is 10.6 Å². The number of hydrogen-bond acceptors (Lipinski definition) is 6. The summed E-state index contributed by atoms with van der Waals surface area (Å²) >= 11 is 1.68. The second-order valence-electron chi connectivity index (χ2n) is 6.62. The standard InChI is InChI=1S/C20H22N4O3S/c1-26-15-8-13(9-16(10-15)27-2)20(25)21-14-5-6-24(12-14)19-11-17(22-23-19)18-4-3-7-28-18/h3-4,7-11,14H,5-6,12H2,1-2H3,(H,21,25)(H,22,23)/t14-/m1/s1. The summed E-state index contributed by atoms with van der Waals surface area (Å²) in [5, 5.41) is 12.7. The maximum absolute atomic E-state index is 12.7. The number of anilines is 1. The molecule has 1 fully saturated rings. The Kier molecular flexibility index (Phi) is 5.21. The van der Waals surface area contributed by atoms with Crippen LogP contribution in [0.4, 0.5) is 5.82 Å². The third-order valence-electron chi connectivity index (χ3n) is 4.81. The van der Waals surface area contributed by atoms with Gasteiger partial charge in [0.2, 0.25) is 0 Å². The van der Waals surface area contributed by atoms with E-state index in [-0.39, 0.29) is 11.9 Å². The van der Waals surface area contributed by atoms with Gasteiger partial charge in [0.15, 0.2) is 5.82 Å². The van der Waals surface area contributed by atoms with E-state index < -0.39 is 0 Å². The molecule has 2 aromatic heterocycles. The Hall–Kier alpha value is -3.00. The summed E-state index contributed by atoms with van der Waals surface area (Å²) in [4.78, 5) is 16.0. The zero-order valence-electron chi connectivity index (χ0n) is 15.8. The molecule has 0 radical (unpaired) electrons. The largest absolute Gasteiger partial charge is 0.497 e. The number of amides is 1. The molecule has 0 spiro atoms. The van der Waals surface area contributed by atoms with E-state index in [4.69, 9.17) is 9.47 Å². The van der Waals surface area contributed by atoms with E-state index >= 15 is 0 Å². The molecule has 1 atom stereocenters. The van der Waals surface area contributed by atoms with E-state index in [1.165, 1.54) is 0 Å². The number of thiophene rings is 1. The van der Waals surface area contributed by atoms with E-state index in [1.54, 1.807) is 43.8 Å². The zero-order chi connectivity index (χ0) is 19.5. The highest BCUT2D eigenvalue weighted by Gasteiger charge is 2.26. The van der Waals surface area contributed by atoms with Crippen LogP contribution in [0.3, 0.4) is 0 Å². The van der Waals surface area contributed by atoms with Crippen LogP contribution >= 0.6 is 11.3 Å². The fourth-order valence-electron chi connectivity index (χ4n) is 3.32. The monoisotopic (exact) mass is 398 g/mol. The minimum absolute atomic E-state index is 0.0617. The van der Waals surface area contributed by atoms with Gasteiger partial charge in [-0.05, 0) is 30.0 Å². The number of ether oxygens (including phenoxy) is 2. The van der Waals surface area contributed by atoms with Gasteiger partial charge >= 0.3 is 0 Å². The van der Waals surface area contributed by atoms with Crippen molar-refractivity contribution in [1.82, 2.24) is 15.5 Å². The van der Waals surface area contributed by atoms with Crippen molar-refractivity contribution in [3.8, 4) is 22.1 Å². The normalized spacial score (nSPS) is 16.2. The molecule has 28 heavy (non-hydrogen) atoms. The van der Waals surface area contributed by atoms with E-state index in [2.05, 4.69) is 32.5 Å². The predicted octanol–water partition coefficient (Wildman–Crippen LogP) is 3.16. The molecule has 0 aliphatic carbocycles. The van der Waals surface area contributed by atoms with Crippen molar-refractivity contribution in [2.24, 2.45) is 0 Å². The summed E-state index contributed by atoms with van der Waals surface area (Å²) in [5.74, 6) is 1.96. The van der Waals surface area contributed by atoms with Crippen molar-refractivity contribution in [1.29, 1.82) is 0 Å². The highest BCUT2D eigenvalue weighted by Crippen LogP contribution is 2.28. The number of carbonyl (C=O) groups is 1. The lowest BCUT2D eigenvalue weighted by atomic mass is 10.1. The maximum Gasteiger partial charge on any atom is 0.251 e. The molecule has 146 valence electrons. The van der Waals surface area contributed by atoms with Crippen molar-refractivity contribution in [3.05, 3.63) is 47.3 Å². The number of carbonyl (C=O) groups excluding carboxylic acids is 1. The van der Waals surface area contributed by atoms with Gasteiger partial charge in [-0.2, -0.15) is 5.10 Å². The Bertz CT molecular complexity index is 932. The van der Waals surface area contributed by atoms with E-state index in [0.29, 0.717) is 17.1 Å². The zero-order valence-corrected chi connectivity index (χ0v) is 16.6. The molecule has 8 heteroatoms. The van der Waals surface area contributed by atoms with Gasteiger partial charge in [0.1, 0.15) is 11.5 Å². The van der Waals surface area contributed by atoms with Crippen LogP contribution in [0.5, 0.6) is 11.5 Å². The maximum atomic E-state index is 12.7. The smallest absolute Gasteiger partial charge is 0.251 e. The first-order chi connectivity index (χ1) is 13.7. The van der Waals surface area contributed by atoms with Gasteiger partial charge in [-0.1, -0.05) is 6.07 Å². The Labute approximate surface area is 167 Å². The number of hydrogen-bond donors (Lipinski definition) is 2. The van der Waals surface area contributed by atoms with Crippen molar-refractivity contribution >= 4 is 23.1 Å². The molecule has 1 aliphatic rings. The van der Waals surface area contributed by atoms with Crippen LogP contribution in [0, 0.1) is 0 Å². The Morgan fingerprint density at radius 3 is 2.71 bits per heavy atom. The van der Waals surface area contributed by atoms with Crippen LogP contribution in [0.2, 0.25) is 0 Å². The summed E-state index contributed by atoms with van der Waals surface area (Å²) in [5.41, 5.74) is 1.54. The number of nitrogens with one attached hydrogen (secondary N) is 2. The lowest BCUT2D eigenvalue weighted by Crippen LogP contribution is -2.37. The quantitative estimate of drug-likeness (QED) is 0.667. The van der Waals surface area contributed by atoms with Crippen LogP contribution in [0.1, 0.15) is 16.8 Å². The predicted molar refractivity (Wildman–Crippen MR) is 110 cm³/mol. The summed E-state index contributed by atoms with van der Waals surface area (Å²) in [7, 11) is 3.14. The SMILES string of the molecule is COc1cc(OC)cc(C(=O)N[C@@H]2CCN(c3cc(-c4cccs4)[nH]n3)C2)c1. The fraction of sp³-hybridized carbons (Fsp3) is 0.300. The minimum atomic E-state index is -0.134. The van der Waals surface area contributed by atoms with Crippen LogP contribution in [-0.4, -0.2) is 49.5 Å². The summed E-state index contributed by atoms with van der Waals surface area (Å²) in [6.45, 7) is 1.57. The highest BCUT2D eigenvalue weighted by atomic mass is 32.1. The minimum Gasteiger partial charge on any atom is -0.497 e. The van der Waals surface area contributed by atoms with Gasteiger partial charge in [0.25, 0.3) is 5.91 Å². The molecule has 0 saturated carbocycles. The number of aromatic amines is 1. The molecule has 4 rings (SSSR count). The number of rotatable bonds is 6. The van der Waals surface area contributed by atoms with Crippen LogP contribution < -0.4 is 19.7 Å². The van der Waals surface area contributed by atoms with Gasteiger partial charge in [-0.15, -0.1) is 11.3 Å². The molecule has 3 aromatic rings. The van der Waals surface area contributed by atoms with Crippen molar-refractivity contribution < 1.29 is 14.3 Å². The van der Waals surface area contributed by atoms with Crippen molar-refractivity contribution in [2.45, 2.75) is 12.5 Å². The first-order valence-corrected chi connectivity index (χ1v) is 9.92. The summed E-state index contributed by atoms with van der Waals surface area (Å²) in [6, 6.07) is 11.4. The van der Waals surface area contributed by atoms with Crippen LogP contribution in [0.15, 0.2) is 41.8 Å². The highest BCUT2D eigenvalue weighted by molar-refractivity contribution is 7.13. The Balaban J connectivity index is 1.40. The first kappa shape index (κ1) is 18.4. The van der Waals surface area contributed by atoms with Gasteiger partial charge in [0.05, 0.1) is 24.8 Å². The third kappa shape index (κ3) is 3.82. The topological polar surface area (TPSA) is 79.5 Å². The molecule has 1 aliphatic heterocycles. The third-order valence-corrected chi connectivity index (χ3v) is 5.72. The second kappa shape index (κ2) is 7.93. The molecule has 2 N–H and O–H groups in total. The van der Waals surface area contributed by atoms with Gasteiger partial charge in [-0.25, -0.2) is 0 Å². The number of aromatic nitrogens is 2. The average molecular weight is 398 g/mol. The van der Waals surface area contributed by atoms with Gasteiger partial charge < -0.3 is 19.7 Å². The van der Waals surface area contributed by atoms with E-state index in [0.717, 1.165) is 35.9 Å². The molecule has 1 saturated heterocycles. The molecule has 3 heterocycles.